The highest BCUT2D eigenvalue weighted by Gasteiger charge is 2.08. The molecule has 3 N–H and O–H groups in total. The Kier molecular flexibility index (Phi) is 4.25. The molecule has 0 bridgehead atoms. The number of benzene rings is 1. The topological polar surface area (TPSA) is 78.8 Å². The van der Waals surface area contributed by atoms with Crippen molar-refractivity contribution in [1.29, 1.82) is 0 Å². The van der Waals surface area contributed by atoms with Crippen LogP contribution < -0.4 is 10.7 Å². The molecular formula is C13H11BrN3O2+. The lowest BCUT2D eigenvalue weighted by atomic mass is 10.2. The minimum absolute atomic E-state index is 0.125. The number of pyridine rings is 1. The molecule has 6 heteroatoms. The van der Waals surface area contributed by atoms with E-state index in [1.54, 1.807) is 42.7 Å². The molecule has 0 fully saturated rings. The Morgan fingerprint density at radius 2 is 2.05 bits per heavy atom. The average Bonchev–Trinajstić information content (AvgIpc) is 2.45. The summed E-state index contributed by atoms with van der Waals surface area (Å²) in [4.78, 5) is 19.4. The maximum Gasteiger partial charge on any atom is 0.365 e. The van der Waals surface area contributed by atoms with Crippen LogP contribution in [-0.4, -0.2) is 11.8 Å². The van der Waals surface area contributed by atoms with E-state index >= 15 is 0 Å². The van der Waals surface area contributed by atoms with Crippen LogP contribution in [0.4, 0.5) is 0 Å². The zero-order valence-corrected chi connectivity index (χ0v) is 11.4. The molecular weight excluding hydrogens is 310 g/mol. The first-order chi connectivity index (χ1) is 9.16. The summed E-state index contributed by atoms with van der Waals surface area (Å²) in [6, 6.07) is 10.4. The van der Waals surface area contributed by atoms with Gasteiger partial charge < -0.3 is 10.6 Å². The molecule has 1 aromatic carbocycles. The van der Waals surface area contributed by atoms with Crippen molar-refractivity contribution in [3.05, 3.63) is 64.4 Å². The molecule has 0 radical (unpaired) electrons. The van der Waals surface area contributed by atoms with E-state index in [0.717, 1.165) is 4.47 Å². The summed E-state index contributed by atoms with van der Waals surface area (Å²) in [7, 11) is 0. The fourth-order valence-corrected chi connectivity index (χ4v) is 1.76. The number of nitrogens with zero attached hydrogens (tertiary/aromatic N) is 1. The van der Waals surface area contributed by atoms with Gasteiger partial charge in [0.1, 0.15) is 0 Å². The van der Waals surface area contributed by atoms with Crippen molar-refractivity contribution in [2.24, 2.45) is 10.9 Å². The molecule has 2 rings (SSSR count). The lowest BCUT2D eigenvalue weighted by molar-refractivity contribution is -0.378. The first-order valence-electron chi connectivity index (χ1n) is 5.43. The van der Waals surface area contributed by atoms with Gasteiger partial charge in [0.25, 0.3) is 0 Å². The van der Waals surface area contributed by atoms with Crippen molar-refractivity contribution in [3.63, 3.8) is 0 Å². The van der Waals surface area contributed by atoms with Crippen molar-refractivity contribution in [2.75, 3.05) is 0 Å². The van der Waals surface area contributed by atoms with Gasteiger partial charge in [-0.3, -0.25) is 0 Å². The van der Waals surface area contributed by atoms with Crippen LogP contribution in [0.3, 0.4) is 0 Å². The predicted octanol–water partition coefficient (Wildman–Crippen LogP) is 1.74. The molecule has 0 saturated carbocycles. The SMILES string of the molecule is NC(=NOC(=O)c1cccc(Br)c1)c1ccc[nH+]c1. The first kappa shape index (κ1) is 13.2. The van der Waals surface area contributed by atoms with Gasteiger partial charge in [-0.1, -0.05) is 27.2 Å². The Morgan fingerprint density at radius 1 is 1.26 bits per heavy atom. The molecule has 96 valence electrons. The largest absolute Gasteiger partial charge is 0.380 e. The summed E-state index contributed by atoms with van der Waals surface area (Å²) in [6.45, 7) is 0. The Labute approximate surface area is 118 Å². The molecule has 0 unspecified atom stereocenters. The average molecular weight is 321 g/mol. The van der Waals surface area contributed by atoms with Crippen molar-refractivity contribution in [3.8, 4) is 0 Å². The lowest BCUT2D eigenvalue weighted by Gasteiger charge is -2.00. The summed E-state index contributed by atoms with van der Waals surface area (Å²) < 4.78 is 0.788. The van der Waals surface area contributed by atoms with Gasteiger partial charge in [-0.25, -0.2) is 9.78 Å². The number of nitrogens with two attached hydrogens (primary N) is 1. The number of aromatic nitrogens is 1. The number of carbonyl (C=O) groups is 1. The minimum Gasteiger partial charge on any atom is -0.380 e. The van der Waals surface area contributed by atoms with Gasteiger partial charge in [0.2, 0.25) is 0 Å². The molecule has 0 aliphatic carbocycles. The monoisotopic (exact) mass is 320 g/mol. The van der Waals surface area contributed by atoms with Gasteiger partial charge in [-0.15, -0.1) is 0 Å². The number of hydrogen-bond acceptors (Lipinski definition) is 3. The van der Waals surface area contributed by atoms with Crippen LogP contribution in [0.5, 0.6) is 0 Å². The maximum absolute atomic E-state index is 11.7. The van der Waals surface area contributed by atoms with Gasteiger partial charge in [0, 0.05) is 10.5 Å². The number of aromatic amines is 1. The van der Waals surface area contributed by atoms with Gasteiger partial charge in [-0.05, 0) is 24.3 Å². The molecule has 2 aromatic rings. The molecule has 5 nitrogen and oxygen atoms in total. The Hall–Kier alpha value is -2.21. The van der Waals surface area contributed by atoms with E-state index in [4.69, 9.17) is 10.6 Å². The number of carbonyl (C=O) groups excluding carboxylic acids is 1. The number of oxime groups is 1. The Bertz CT molecular complexity index is 614. The van der Waals surface area contributed by atoms with Crippen molar-refractivity contribution < 1.29 is 14.6 Å². The van der Waals surface area contributed by atoms with E-state index in [2.05, 4.69) is 26.1 Å². The third-order valence-electron chi connectivity index (χ3n) is 2.29. The normalized spacial score (nSPS) is 11.1. The number of H-pyrrole nitrogens is 1. The maximum atomic E-state index is 11.7. The Balaban J connectivity index is 2.08. The second-order valence-corrected chi connectivity index (χ2v) is 4.57. The van der Waals surface area contributed by atoms with Crippen LogP contribution in [0, 0.1) is 0 Å². The van der Waals surface area contributed by atoms with Crippen LogP contribution in [0.25, 0.3) is 0 Å². The van der Waals surface area contributed by atoms with Crippen LogP contribution in [0.2, 0.25) is 0 Å². The van der Waals surface area contributed by atoms with E-state index in [1.807, 2.05) is 6.07 Å². The summed E-state index contributed by atoms with van der Waals surface area (Å²) in [5.41, 5.74) is 6.73. The molecule has 0 aliphatic heterocycles. The van der Waals surface area contributed by atoms with E-state index in [1.165, 1.54) is 0 Å². The Morgan fingerprint density at radius 3 is 2.74 bits per heavy atom. The highest BCUT2D eigenvalue weighted by molar-refractivity contribution is 9.10. The molecule has 1 aromatic heterocycles. The molecule has 0 aliphatic rings. The quantitative estimate of drug-likeness (QED) is 0.405. The molecule has 0 saturated heterocycles. The summed E-state index contributed by atoms with van der Waals surface area (Å²) in [6.07, 6.45) is 3.40. The number of rotatable bonds is 3. The van der Waals surface area contributed by atoms with Crippen LogP contribution >= 0.6 is 15.9 Å². The lowest BCUT2D eigenvalue weighted by Crippen LogP contribution is -2.17. The molecule has 0 amide bonds. The zero-order valence-electron chi connectivity index (χ0n) is 9.84. The smallest absolute Gasteiger partial charge is 0.365 e. The standard InChI is InChI=1S/C13H10BrN3O2/c14-11-5-1-3-9(7-11)13(18)19-17-12(15)10-4-2-6-16-8-10/h1-8H,(H2,15,17)/p+1. The number of halogens is 1. The van der Waals surface area contributed by atoms with Crippen LogP contribution in [-0.2, 0) is 4.84 Å². The van der Waals surface area contributed by atoms with Crippen molar-refractivity contribution >= 4 is 27.7 Å². The molecule has 1 heterocycles. The van der Waals surface area contributed by atoms with E-state index in [9.17, 15) is 4.79 Å². The highest BCUT2D eigenvalue weighted by Crippen LogP contribution is 2.12. The number of nitrogens with one attached hydrogen (secondary N) is 1. The molecule has 19 heavy (non-hydrogen) atoms. The van der Waals surface area contributed by atoms with Gasteiger partial charge in [-0.2, -0.15) is 0 Å². The number of amidine groups is 1. The first-order valence-corrected chi connectivity index (χ1v) is 6.23. The number of hydrogen-bond donors (Lipinski definition) is 1. The fourth-order valence-electron chi connectivity index (χ4n) is 1.36. The fraction of sp³-hybridized carbons (Fsp3) is 0. The van der Waals surface area contributed by atoms with Crippen molar-refractivity contribution in [1.82, 2.24) is 0 Å². The van der Waals surface area contributed by atoms with Gasteiger partial charge >= 0.3 is 5.97 Å². The zero-order chi connectivity index (χ0) is 13.7. The van der Waals surface area contributed by atoms with E-state index in [0.29, 0.717) is 11.1 Å². The highest BCUT2D eigenvalue weighted by atomic mass is 79.9. The van der Waals surface area contributed by atoms with Crippen molar-refractivity contribution in [2.45, 2.75) is 0 Å². The van der Waals surface area contributed by atoms with E-state index in [-0.39, 0.29) is 5.84 Å². The molecule has 0 atom stereocenters. The second-order valence-electron chi connectivity index (χ2n) is 3.66. The third-order valence-corrected chi connectivity index (χ3v) is 2.78. The summed E-state index contributed by atoms with van der Waals surface area (Å²) in [5, 5.41) is 3.61. The predicted molar refractivity (Wildman–Crippen MR) is 73.3 cm³/mol. The summed E-state index contributed by atoms with van der Waals surface area (Å²) >= 11 is 3.27. The van der Waals surface area contributed by atoms with Gasteiger partial charge in [0.15, 0.2) is 18.2 Å². The minimum atomic E-state index is -0.566. The summed E-state index contributed by atoms with van der Waals surface area (Å²) in [5.74, 6) is -0.440. The second kappa shape index (κ2) is 6.10. The van der Waals surface area contributed by atoms with Crippen LogP contribution in [0.15, 0.2) is 58.4 Å². The van der Waals surface area contributed by atoms with Gasteiger partial charge in [0.05, 0.1) is 11.1 Å². The third kappa shape index (κ3) is 3.62. The van der Waals surface area contributed by atoms with E-state index < -0.39 is 5.97 Å². The molecule has 0 spiro atoms. The van der Waals surface area contributed by atoms with Crippen LogP contribution in [0.1, 0.15) is 15.9 Å².